The predicted octanol–water partition coefficient (Wildman–Crippen LogP) is 3.76. The lowest BCUT2D eigenvalue weighted by molar-refractivity contribution is -0.602. The van der Waals surface area contributed by atoms with E-state index in [2.05, 4.69) is 11.7 Å². The quantitative estimate of drug-likeness (QED) is 0.0737. The molecule has 45 heavy (non-hydrogen) atoms. The molecule has 0 fully saturated rings. The second-order valence-electron chi connectivity index (χ2n) is 9.95. The highest BCUT2D eigenvalue weighted by atomic mass is 31.2. The summed E-state index contributed by atoms with van der Waals surface area (Å²) >= 11 is 0. The van der Waals surface area contributed by atoms with E-state index in [9.17, 15) is 24.4 Å². The zero-order valence-corrected chi connectivity index (χ0v) is 24.8. The first-order valence-corrected chi connectivity index (χ1v) is 15.3. The van der Waals surface area contributed by atoms with Crippen LogP contribution in [0.3, 0.4) is 0 Å². The Hall–Kier alpha value is -5.00. The van der Waals surface area contributed by atoms with E-state index in [-0.39, 0.29) is 23.8 Å². The molecule has 1 aromatic heterocycles. The summed E-state index contributed by atoms with van der Waals surface area (Å²) < 4.78 is 38.4. The molecule has 0 bridgehead atoms. The van der Waals surface area contributed by atoms with Gasteiger partial charge in [0.25, 0.3) is 5.91 Å². The molecule has 0 spiro atoms. The van der Waals surface area contributed by atoms with Gasteiger partial charge in [-0.25, -0.2) is 9.36 Å². The van der Waals surface area contributed by atoms with Crippen molar-refractivity contribution in [2.24, 2.45) is 5.73 Å². The average molecular weight is 633 g/mol. The number of fused-ring (bicyclic) bond motifs is 1. The Balaban J connectivity index is 1.36. The van der Waals surface area contributed by atoms with Gasteiger partial charge >= 0.3 is 19.6 Å². The Morgan fingerprint density at radius 3 is 2.56 bits per heavy atom. The zero-order valence-electron chi connectivity index (χ0n) is 23.9. The van der Waals surface area contributed by atoms with Crippen molar-refractivity contribution in [2.75, 3.05) is 6.61 Å². The van der Waals surface area contributed by atoms with E-state index in [0.717, 1.165) is 10.9 Å². The van der Waals surface area contributed by atoms with Gasteiger partial charge in [0.15, 0.2) is 24.6 Å². The summed E-state index contributed by atoms with van der Waals surface area (Å²) in [5, 5.41) is 25.4. The molecule has 3 aromatic carbocycles. The van der Waals surface area contributed by atoms with Gasteiger partial charge in [-0.05, 0) is 23.1 Å². The maximum Gasteiger partial charge on any atom is 0.459 e. The van der Waals surface area contributed by atoms with Crippen LogP contribution in [-0.2, 0) is 30.0 Å². The molecular formula is C32H31N3O9P+. The number of rotatable bonds is 13. The van der Waals surface area contributed by atoms with E-state index in [1.807, 2.05) is 24.3 Å². The summed E-state index contributed by atoms with van der Waals surface area (Å²) in [6, 6.07) is 23.0. The molecule has 2 unspecified atom stereocenters. The number of esters is 1. The third-order valence-electron chi connectivity index (χ3n) is 6.82. The molecular weight excluding hydrogens is 601 g/mol. The summed E-state index contributed by atoms with van der Waals surface area (Å²) in [4.78, 5) is 24.6. The number of primary amides is 1. The van der Waals surface area contributed by atoms with Crippen molar-refractivity contribution in [3.8, 4) is 5.75 Å². The predicted molar refractivity (Wildman–Crippen MR) is 163 cm³/mol. The number of hydrogen-bond acceptors (Lipinski definition) is 9. The van der Waals surface area contributed by atoms with Crippen molar-refractivity contribution in [3.63, 3.8) is 0 Å². The van der Waals surface area contributed by atoms with Gasteiger partial charge in [-0.2, -0.15) is 5.09 Å². The number of nitrogens with two attached hydrogens (primary N) is 1. The number of pyridine rings is 1. The molecule has 0 saturated heterocycles. The average Bonchev–Trinajstić information content (AvgIpc) is 3.35. The summed E-state index contributed by atoms with van der Waals surface area (Å²) in [5.74, 6) is -2.05. The second-order valence-corrected chi connectivity index (χ2v) is 11.6. The van der Waals surface area contributed by atoms with Crippen LogP contribution in [0.4, 0.5) is 0 Å². The van der Waals surface area contributed by atoms with Crippen LogP contribution >= 0.6 is 7.75 Å². The number of carbonyl (C=O) groups is 2. The molecule has 1 aliphatic heterocycles. The number of hydrogen-bond donors (Lipinski definition) is 4. The monoisotopic (exact) mass is 632 g/mol. The van der Waals surface area contributed by atoms with E-state index >= 15 is 0 Å². The van der Waals surface area contributed by atoms with E-state index in [0.29, 0.717) is 5.39 Å². The molecule has 0 saturated carbocycles. The minimum atomic E-state index is -4.46. The minimum Gasteiger partial charge on any atom is -0.502 e. The normalized spacial score (nSPS) is 18.1. The number of benzene rings is 3. The Bertz CT molecular complexity index is 1790. The molecule has 0 radical (unpaired) electrons. The standard InChI is InChI=1S/C32H30N3O9P/c1-2-25(32(39)41-19-21-10-4-3-5-11-21)34-45(40,44-26-16-8-13-22-12-6-7-15-24(22)26)42-20-27-28(36)29(37)31(43-27)35-17-9-14-23(18-35)30(33)38/h2-18,25,27-28,36H,1,19-20H2,(H3-,33,34,37,38,40)/p+1/t25-,27+,28?,45?/m0/s1. The van der Waals surface area contributed by atoms with E-state index in [1.165, 1.54) is 35.2 Å². The Morgan fingerprint density at radius 1 is 1.07 bits per heavy atom. The number of nitrogens with zero attached hydrogens (tertiary/aromatic N) is 1. The smallest absolute Gasteiger partial charge is 0.459 e. The largest absolute Gasteiger partial charge is 0.502 e. The Morgan fingerprint density at radius 2 is 1.80 bits per heavy atom. The highest BCUT2D eigenvalue weighted by molar-refractivity contribution is 7.52. The summed E-state index contributed by atoms with van der Waals surface area (Å²) in [7, 11) is -4.46. The van der Waals surface area contributed by atoms with Crippen LogP contribution in [0.25, 0.3) is 16.7 Å². The van der Waals surface area contributed by atoms with Crippen molar-refractivity contribution in [1.29, 1.82) is 0 Å². The molecule has 13 heteroatoms. The van der Waals surface area contributed by atoms with Gasteiger partial charge < -0.3 is 29.9 Å². The summed E-state index contributed by atoms with van der Waals surface area (Å²) in [6.07, 6.45) is 1.13. The van der Waals surface area contributed by atoms with Crippen LogP contribution in [0.2, 0.25) is 0 Å². The van der Waals surface area contributed by atoms with Gasteiger partial charge in [0.1, 0.15) is 24.0 Å². The first-order valence-electron chi connectivity index (χ1n) is 13.8. The van der Waals surface area contributed by atoms with Crippen LogP contribution < -0.4 is 19.9 Å². The fourth-order valence-corrected chi connectivity index (χ4v) is 5.99. The number of amides is 1. The zero-order chi connectivity index (χ0) is 32.0. The number of carbonyl (C=O) groups excluding carboxylic acids is 2. The van der Waals surface area contributed by atoms with Gasteiger partial charge in [0.2, 0.25) is 5.76 Å². The molecule has 4 atom stereocenters. The number of nitrogens with one attached hydrogen (secondary N) is 1. The lowest BCUT2D eigenvalue weighted by Gasteiger charge is -2.25. The van der Waals surface area contributed by atoms with Gasteiger partial charge in [0.05, 0.1) is 6.61 Å². The van der Waals surface area contributed by atoms with Crippen LogP contribution in [0.15, 0.2) is 116 Å². The lowest BCUT2D eigenvalue weighted by atomic mass is 10.1. The SMILES string of the molecule is C=C[C@H](NP(=O)(OC[C@H]1OC([n+]2cccc(C(N)=O)c2)=C(O)C1O)Oc1cccc2ccccc12)C(=O)OCc1ccccc1. The maximum atomic E-state index is 14.3. The fraction of sp³-hybridized carbons (Fsp3) is 0.156. The lowest BCUT2D eigenvalue weighted by Crippen LogP contribution is -2.37. The van der Waals surface area contributed by atoms with Crippen molar-refractivity contribution >= 4 is 36.3 Å². The van der Waals surface area contributed by atoms with Crippen molar-refractivity contribution in [1.82, 2.24) is 5.09 Å². The number of aliphatic hydroxyl groups is 2. The van der Waals surface area contributed by atoms with Crippen molar-refractivity contribution in [3.05, 3.63) is 127 Å². The molecule has 4 aromatic rings. The highest BCUT2D eigenvalue weighted by Crippen LogP contribution is 2.47. The third kappa shape index (κ3) is 7.39. The minimum absolute atomic E-state index is 0.0362. The molecule has 0 aliphatic carbocycles. The molecule has 1 amide bonds. The Labute approximate surface area is 258 Å². The van der Waals surface area contributed by atoms with E-state index in [1.54, 1.807) is 48.5 Å². The molecule has 5 N–H and O–H groups in total. The first kappa shape index (κ1) is 31.4. The molecule has 1 aliphatic rings. The Kier molecular flexibility index (Phi) is 9.60. The van der Waals surface area contributed by atoms with Crippen LogP contribution in [0.5, 0.6) is 5.75 Å². The van der Waals surface area contributed by atoms with Gasteiger partial charge in [0, 0.05) is 11.5 Å². The second kappa shape index (κ2) is 13.7. The summed E-state index contributed by atoms with van der Waals surface area (Å²) in [5.41, 5.74) is 6.22. The first-order chi connectivity index (χ1) is 21.7. The van der Waals surface area contributed by atoms with E-state index in [4.69, 9.17) is 24.3 Å². The van der Waals surface area contributed by atoms with Gasteiger partial charge in [-0.1, -0.05) is 72.8 Å². The third-order valence-corrected chi connectivity index (χ3v) is 8.34. The van der Waals surface area contributed by atoms with E-state index < -0.39 is 50.2 Å². The number of aliphatic hydroxyl groups excluding tert-OH is 2. The molecule has 12 nitrogen and oxygen atoms in total. The topological polar surface area (TPSA) is 171 Å². The molecule has 232 valence electrons. The van der Waals surface area contributed by atoms with Crippen LogP contribution in [0.1, 0.15) is 15.9 Å². The van der Waals surface area contributed by atoms with Crippen LogP contribution in [-0.4, -0.2) is 46.9 Å². The number of aromatic nitrogens is 1. The molecule has 5 rings (SSSR count). The number of ether oxygens (including phenoxy) is 2. The van der Waals surface area contributed by atoms with Crippen molar-refractivity contribution in [2.45, 2.75) is 24.9 Å². The highest BCUT2D eigenvalue weighted by Gasteiger charge is 2.44. The van der Waals surface area contributed by atoms with Crippen molar-refractivity contribution < 1.29 is 47.5 Å². The molecule has 2 heterocycles. The summed E-state index contributed by atoms with van der Waals surface area (Å²) in [6.45, 7) is 3.06. The van der Waals surface area contributed by atoms with Gasteiger partial charge in [-0.15, -0.1) is 11.1 Å². The van der Waals surface area contributed by atoms with Crippen LogP contribution in [0, 0.1) is 0 Å². The fourth-order valence-electron chi connectivity index (χ4n) is 4.49. The van der Waals surface area contributed by atoms with Gasteiger partial charge in [-0.3, -0.25) is 9.32 Å². The maximum absolute atomic E-state index is 14.3.